The quantitative estimate of drug-likeness (QED) is 0.326. The minimum absolute atomic E-state index is 0. The second-order valence-electron chi connectivity index (χ2n) is 6.68. The second kappa shape index (κ2) is 17.8. The van der Waals surface area contributed by atoms with E-state index in [-0.39, 0.29) is 29.6 Å². The van der Waals surface area contributed by atoms with Crippen LogP contribution < -0.4 is 0 Å². The van der Waals surface area contributed by atoms with Gasteiger partial charge in [0.15, 0.2) is 0 Å². The van der Waals surface area contributed by atoms with Gasteiger partial charge >= 0.3 is 41.6 Å². The van der Waals surface area contributed by atoms with Crippen LogP contribution in [0.4, 0.5) is 4.79 Å². The Morgan fingerprint density at radius 1 is 0.808 bits per heavy atom. The van der Waals surface area contributed by atoms with Gasteiger partial charge in [0.25, 0.3) is 0 Å². The van der Waals surface area contributed by atoms with Crippen LogP contribution in [-0.4, -0.2) is 69.2 Å². The number of aliphatic carboxylic acids is 1. The topological polar surface area (TPSA) is 94.9 Å². The van der Waals surface area contributed by atoms with Gasteiger partial charge in [-0.2, -0.15) is 0 Å². The fourth-order valence-electron chi connectivity index (χ4n) is 2.98. The number of unbranched alkanes of at least 4 members (excludes halogenated alkanes) is 9. The summed E-state index contributed by atoms with van der Waals surface area (Å²) in [6.45, 7) is 3.26. The van der Waals surface area contributed by atoms with Crippen LogP contribution in [0.5, 0.6) is 0 Å². The van der Waals surface area contributed by atoms with E-state index < -0.39 is 30.4 Å². The zero-order valence-electron chi connectivity index (χ0n) is 15.8. The summed E-state index contributed by atoms with van der Waals surface area (Å²) in [6, 6.07) is 0. The van der Waals surface area contributed by atoms with Crippen molar-refractivity contribution in [3.05, 3.63) is 0 Å². The molecule has 1 atom stereocenters. The van der Waals surface area contributed by atoms with E-state index in [1.807, 2.05) is 6.92 Å². The summed E-state index contributed by atoms with van der Waals surface area (Å²) in [6.07, 6.45) is 11.7. The van der Waals surface area contributed by atoms with Crippen LogP contribution >= 0.6 is 0 Å². The second-order valence-corrected chi connectivity index (χ2v) is 6.68. The van der Waals surface area contributed by atoms with Gasteiger partial charge in [0.2, 0.25) is 5.91 Å². The fraction of sp³-hybridized carbons (Fsp3) is 0.842. The number of carbonyl (C=O) groups excluding carboxylic acids is 1. The van der Waals surface area contributed by atoms with Crippen LogP contribution in [0, 0.1) is 5.92 Å². The zero-order chi connectivity index (χ0) is 19.1. The molecular formula is C19H36NNaO5. The zero-order valence-corrected chi connectivity index (χ0v) is 15.8. The van der Waals surface area contributed by atoms with Gasteiger partial charge in [-0.15, -0.1) is 0 Å². The fourth-order valence-corrected chi connectivity index (χ4v) is 2.98. The molecular weight excluding hydrogens is 345 g/mol. The number of carboxylic acids is 1. The van der Waals surface area contributed by atoms with Crippen molar-refractivity contribution in [2.75, 3.05) is 6.54 Å². The number of hydrogen-bond acceptors (Lipinski definition) is 3. The molecule has 0 bridgehead atoms. The molecule has 0 rings (SSSR count). The van der Waals surface area contributed by atoms with Gasteiger partial charge in [-0.1, -0.05) is 78.1 Å². The van der Waals surface area contributed by atoms with Crippen LogP contribution in [0.25, 0.3) is 0 Å². The van der Waals surface area contributed by atoms with Crippen LogP contribution in [0.3, 0.4) is 0 Å². The maximum atomic E-state index is 12.2. The third-order valence-corrected chi connectivity index (χ3v) is 4.54. The van der Waals surface area contributed by atoms with Crippen LogP contribution in [-0.2, 0) is 9.59 Å². The Kier molecular flexibility index (Phi) is 18.9. The third kappa shape index (κ3) is 13.6. The van der Waals surface area contributed by atoms with E-state index in [1.54, 1.807) is 0 Å². The Morgan fingerprint density at radius 3 is 1.65 bits per heavy atom. The molecule has 1 unspecified atom stereocenters. The van der Waals surface area contributed by atoms with Crippen molar-refractivity contribution < 1.29 is 24.6 Å². The SMILES string of the molecule is CCCCCCCCCCCCC(CC)C(=O)N(CC(=O)O)C(=O)O.[NaH]. The minimum atomic E-state index is -1.49. The number of carbonyl (C=O) groups is 3. The molecule has 0 radical (unpaired) electrons. The van der Waals surface area contributed by atoms with Crippen molar-refractivity contribution in [3.8, 4) is 0 Å². The van der Waals surface area contributed by atoms with Gasteiger partial charge in [0.05, 0.1) is 0 Å². The summed E-state index contributed by atoms with van der Waals surface area (Å²) < 4.78 is 0. The molecule has 0 aliphatic rings. The first-order valence-corrected chi connectivity index (χ1v) is 9.70. The number of rotatable bonds is 15. The van der Waals surface area contributed by atoms with Gasteiger partial charge in [-0.25, -0.2) is 9.69 Å². The molecule has 0 saturated carbocycles. The molecule has 0 saturated heterocycles. The number of imide groups is 1. The van der Waals surface area contributed by atoms with E-state index >= 15 is 0 Å². The third-order valence-electron chi connectivity index (χ3n) is 4.54. The molecule has 0 aliphatic carbocycles. The van der Waals surface area contributed by atoms with Crippen molar-refractivity contribution in [1.82, 2.24) is 4.90 Å². The van der Waals surface area contributed by atoms with E-state index in [0.717, 1.165) is 19.3 Å². The molecule has 148 valence electrons. The maximum absolute atomic E-state index is 12.2. The summed E-state index contributed by atoms with van der Waals surface area (Å²) in [5.74, 6) is -2.32. The first kappa shape index (κ1) is 27.6. The van der Waals surface area contributed by atoms with Crippen LogP contribution in [0.15, 0.2) is 0 Å². The molecule has 26 heavy (non-hydrogen) atoms. The van der Waals surface area contributed by atoms with Crippen molar-refractivity contribution >= 4 is 47.5 Å². The molecule has 2 amide bonds. The predicted octanol–water partition coefficient (Wildman–Crippen LogP) is 4.27. The Labute approximate surface area is 180 Å². The molecule has 0 aromatic rings. The van der Waals surface area contributed by atoms with E-state index in [4.69, 9.17) is 10.2 Å². The standard InChI is InChI=1S/C19H35NO5.Na.H/c1-3-5-6-7-8-9-10-11-12-13-14-16(4-2)18(23)20(19(24)25)15-17(21)22;;/h16H,3-15H2,1-2H3,(H,21,22)(H,24,25);;. The number of carboxylic acid groups (broad SMARTS) is 2. The summed E-state index contributed by atoms with van der Waals surface area (Å²) in [5.41, 5.74) is 0. The molecule has 0 fully saturated rings. The Morgan fingerprint density at radius 2 is 1.27 bits per heavy atom. The predicted molar refractivity (Wildman–Crippen MR) is 105 cm³/mol. The van der Waals surface area contributed by atoms with E-state index in [9.17, 15) is 14.4 Å². The van der Waals surface area contributed by atoms with E-state index in [1.165, 1.54) is 44.9 Å². The van der Waals surface area contributed by atoms with Crippen molar-refractivity contribution in [2.45, 2.75) is 90.9 Å². The molecule has 7 heteroatoms. The monoisotopic (exact) mass is 381 g/mol. The van der Waals surface area contributed by atoms with Gasteiger partial charge in [-0.05, 0) is 12.8 Å². The Hall–Kier alpha value is -0.590. The summed E-state index contributed by atoms with van der Waals surface area (Å²) >= 11 is 0. The van der Waals surface area contributed by atoms with Gasteiger partial charge in [-0.3, -0.25) is 9.59 Å². The van der Waals surface area contributed by atoms with Crippen molar-refractivity contribution in [3.63, 3.8) is 0 Å². The van der Waals surface area contributed by atoms with Crippen molar-refractivity contribution in [2.24, 2.45) is 5.92 Å². The van der Waals surface area contributed by atoms with Crippen LogP contribution in [0.1, 0.15) is 90.9 Å². The van der Waals surface area contributed by atoms with E-state index in [0.29, 0.717) is 17.7 Å². The van der Waals surface area contributed by atoms with Gasteiger partial charge < -0.3 is 10.2 Å². The molecule has 0 heterocycles. The van der Waals surface area contributed by atoms with Crippen molar-refractivity contribution in [1.29, 1.82) is 0 Å². The first-order chi connectivity index (χ1) is 11.9. The Balaban J connectivity index is 0. The first-order valence-electron chi connectivity index (χ1n) is 9.70. The van der Waals surface area contributed by atoms with Crippen LogP contribution in [0.2, 0.25) is 0 Å². The Bertz CT molecular complexity index is 403. The average Bonchev–Trinajstić information content (AvgIpc) is 2.57. The molecule has 2 N–H and O–H groups in total. The van der Waals surface area contributed by atoms with Gasteiger partial charge in [0, 0.05) is 5.92 Å². The average molecular weight is 381 g/mol. The molecule has 0 spiro atoms. The summed E-state index contributed by atoms with van der Waals surface area (Å²) in [7, 11) is 0. The number of amides is 2. The molecule has 0 aliphatic heterocycles. The number of hydrogen-bond donors (Lipinski definition) is 2. The molecule has 0 aromatic heterocycles. The number of nitrogens with zero attached hydrogens (tertiary/aromatic N) is 1. The van der Waals surface area contributed by atoms with E-state index in [2.05, 4.69) is 6.92 Å². The van der Waals surface area contributed by atoms with Gasteiger partial charge in [0.1, 0.15) is 6.54 Å². The summed E-state index contributed by atoms with van der Waals surface area (Å²) in [4.78, 5) is 34.4. The summed E-state index contributed by atoms with van der Waals surface area (Å²) in [5, 5.41) is 17.8. The molecule has 6 nitrogen and oxygen atoms in total. The molecule has 0 aromatic carbocycles. The normalized spacial score (nSPS) is 11.5.